The van der Waals surface area contributed by atoms with Gasteiger partial charge in [0.05, 0.1) is 0 Å². The third-order valence-corrected chi connectivity index (χ3v) is 3.44. The first kappa shape index (κ1) is 13.9. The van der Waals surface area contributed by atoms with Crippen molar-refractivity contribution in [3.05, 3.63) is 23.8 Å². The minimum atomic E-state index is -0.947. The van der Waals surface area contributed by atoms with Gasteiger partial charge in [-0.05, 0) is 38.7 Å². The predicted molar refractivity (Wildman–Crippen MR) is 70.2 cm³/mol. The first-order valence-corrected chi connectivity index (χ1v) is 6.73. The lowest BCUT2D eigenvalue weighted by molar-refractivity contribution is 0.0666. The third-order valence-electron chi connectivity index (χ3n) is 2.66. The van der Waals surface area contributed by atoms with E-state index in [9.17, 15) is 9.90 Å². The van der Waals surface area contributed by atoms with E-state index in [2.05, 4.69) is 0 Å². The molecule has 0 fully saturated rings. The molecule has 1 N–H and O–H groups in total. The van der Waals surface area contributed by atoms with Crippen molar-refractivity contribution in [2.75, 3.05) is 6.26 Å². The van der Waals surface area contributed by atoms with Crippen molar-refractivity contribution in [1.82, 2.24) is 0 Å². The molecule has 4 heteroatoms. The zero-order chi connectivity index (χ0) is 13.1. The second-order valence-electron chi connectivity index (χ2n) is 4.35. The Morgan fingerprint density at radius 2 is 2.12 bits per heavy atom. The highest BCUT2D eigenvalue weighted by Crippen LogP contribution is 2.31. The van der Waals surface area contributed by atoms with Crippen LogP contribution in [0.2, 0.25) is 0 Å². The Labute approximate surface area is 106 Å². The van der Waals surface area contributed by atoms with Crippen molar-refractivity contribution in [3.63, 3.8) is 0 Å². The minimum absolute atomic E-state index is 0.251. The number of hydrogen-bond donors (Lipinski definition) is 1. The van der Waals surface area contributed by atoms with Gasteiger partial charge in [-0.1, -0.05) is 13.0 Å². The van der Waals surface area contributed by atoms with Crippen LogP contribution in [0, 0.1) is 0 Å². The van der Waals surface area contributed by atoms with Crippen LogP contribution in [0.15, 0.2) is 23.1 Å². The van der Waals surface area contributed by atoms with Crippen LogP contribution in [0.25, 0.3) is 0 Å². The molecule has 1 rings (SSSR count). The Morgan fingerprint density at radius 3 is 2.59 bits per heavy atom. The van der Waals surface area contributed by atoms with Gasteiger partial charge >= 0.3 is 5.97 Å². The number of hydrogen-bond acceptors (Lipinski definition) is 3. The highest BCUT2D eigenvalue weighted by Gasteiger charge is 2.22. The number of ether oxygens (including phenoxy) is 1. The van der Waals surface area contributed by atoms with Gasteiger partial charge in [-0.2, -0.15) is 0 Å². The van der Waals surface area contributed by atoms with Crippen LogP contribution in [0.5, 0.6) is 5.75 Å². The molecular formula is C13H18O3S. The zero-order valence-corrected chi connectivity index (χ0v) is 11.4. The van der Waals surface area contributed by atoms with Crippen molar-refractivity contribution >= 4 is 17.7 Å². The van der Waals surface area contributed by atoms with Gasteiger partial charge in [0, 0.05) is 4.90 Å². The van der Waals surface area contributed by atoms with Crippen LogP contribution < -0.4 is 4.74 Å². The van der Waals surface area contributed by atoms with Crippen LogP contribution in [0.1, 0.15) is 37.6 Å². The normalized spacial score (nSPS) is 11.3. The SMILES string of the molecule is CCC(C)(C)Oc1cccc(SC)c1C(=O)O. The molecule has 17 heavy (non-hydrogen) atoms. The summed E-state index contributed by atoms with van der Waals surface area (Å²) in [7, 11) is 0. The van der Waals surface area contributed by atoms with Gasteiger partial charge < -0.3 is 9.84 Å². The number of carbonyl (C=O) groups is 1. The predicted octanol–water partition coefficient (Wildman–Crippen LogP) is 3.67. The number of aromatic carboxylic acids is 1. The summed E-state index contributed by atoms with van der Waals surface area (Å²) in [6, 6.07) is 5.32. The lowest BCUT2D eigenvalue weighted by atomic mass is 10.1. The Morgan fingerprint density at radius 1 is 1.47 bits per heavy atom. The minimum Gasteiger partial charge on any atom is -0.487 e. The molecule has 0 aliphatic heterocycles. The van der Waals surface area contributed by atoms with Crippen LogP contribution >= 0.6 is 11.8 Å². The molecule has 0 atom stereocenters. The van der Waals surface area contributed by atoms with E-state index in [4.69, 9.17) is 4.74 Å². The quantitative estimate of drug-likeness (QED) is 0.814. The summed E-state index contributed by atoms with van der Waals surface area (Å²) in [6.07, 6.45) is 2.67. The molecule has 0 unspecified atom stereocenters. The average molecular weight is 254 g/mol. The molecule has 94 valence electrons. The van der Waals surface area contributed by atoms with Crippen LogP contribution in [0.4, 0.5) is 0 Å². The molecule has 0 saturated heterocycles. The smallest absolute Gasteiger partial charge is 0.340 e. The summed E-state index contributed by atoms with van der Waals surface area (Å²) in [5.41, 5.74) is -0.108. The molecule has 3 nitrogen and oxygen atoms in total. The zero-order valence-electron chi connectivity index (χ0n) is 10.6. The second kappa shape index (κ2) is 5.45. The second-order valence-corrected chi connectivity index (χ2v) is 5.20. The molecular weight excluding hydrogens is 236 g/mol. The van der Waals surface area contributed by atoms with Gasteiger partial charge in [0.15, 0.2) is 0 Å². The maximum absolute atomic E-state index is 11.3. The molecule has 0 heterocycles. The highest BCUT2D eigenvalue weighted by molar-refractivity contribution is 7.98. The standard InChI is InChI=1S/C13H18O3S/c1-5-13(2,3)16-9-7-6-8-10(17-4)11(9)12(14)15/h6-8H,5H2,1-4H3,(H,14,15). The van der Waals surface area contributed by atoms with E-state index < -0.39 is 5.97 Å². The fourth-order valence-corrected chi connectivity index (χ4v) is 1.95. The van der Waals surface area contributed by atoms with E-state index >= 15 is 0 Å². The van der Waals surface area contributed by atoms with Crippen LogP contribution in [0.3, 0.4) is 0 Å². The Kier molecular flexibility index (Phi) is 4.46. The van der Waals surface area contributed by atoms with Gasteiger partial charge in [0.1, 0.15) is 16.9 Å². The topological polar surface area (TPSA) is 46.5 Å². The molecule has 0 aromatic heterocycles. The van der Waals surface area contributed by atoms with Crippen LogP contribution in [-0.2, 0) is 0 Å². The Bertz CT molecular complexity index is 413. The summed E-state index contributed by atoms with van der Waals surface area (Å²) in [6.45, 7) is 5.91. The summed E-state index contributed by atoms with van der Waals surface area (Å²) in [5, 5.41) is 9.25. The van der Waals surface area contributed by atoms with Crippen molar-refractivity contribution in [2.45, 2.75) is 37.7 Å². The third kappa shape index (κ3) is 3.40. The molecule has 1 aromatic carbocycles. The summed E-state index contributed by atoms with van der Waals surface area (Å²) in [4.78, 5) is 12.0. The van der Waals surface area contributed by atoms with Gasteiger partial charge in [-0.15, -0.1) is 11.8 Å². The molecule has 0 saturated carbocycles. The van der Waals surface area contributed by atoms with E-state index in [-0.39, 0.29) is 11.2 Å². The average Bonchev–Trinajstić information content (AvgIpc) is 2.27. The van der Waals surface area contributed by atoms with E-state index in [0.29, 0.717) is 5.75 Å². The maximum Gasteiger partial charge on any atom is 0.340 e. The lowest BCUT2D eigenvalue weighted by Gasteiger charge is -2.26. The fourth-order valence-electron chi connectivity index (χ4n) is 1.35. The molecule has 0 aliphatic carbocycles. The summed E-state index contributed by atoms with van der Waals surface area (Å²) < 4.78 is 5.79. The van der Waals surface area contributed by atoms with E-state index in [1.54, 1.807) is 12.1 Å². The first-order valence-electron chi connectivity index (χ1n) is 5.50. The fraction of sp³-hybridized carbons (Fsp3) is 0.462. The lowest BCUT2D eigenvalue weighted by Crippen LogP contribution is -2.27. The number of benzene rings is 1. The first-order chi connectivity index (χ1) is 7.91. The van der Waals surface area contributed by atoms with Crippen molar-refractivity contribution < 1.29 is 14.6 Å². The largest absolute Gasteiger partial charge is 0.487 e. The molecule has 0 spiro atoms. The number of thioether (sulfide) groups is 1. The van der Waals surface area contributed by atoms with Crippen molar-refractivity contribution in [3.8, 4) is 5.75 Å². The van der Waals surface area contributed by atoms with E-state index in [1.807, 2.05) is 33.1 Å². The molecule has 0 radical (unpaired) electrons. The van der Waals surface area contributed by atoms with Gasteiger partial charge in [0.25, 0.3) is 0 Å². The number of rotatable bonds is 5. The molecule has 0 amide bonds. The van der Waals surface area contributed by atoms with Gasteiger partial charge in [-0.3, -0.25) is 0 Å². The van der Waals surface area contributed by atoms with Crippen molar-refractivity contribution in [2.24, 2.45) is 0 Å². The number of carboxylic acid groups (broad SMARTS) is 1. The van der Waals surface area contributed by atoms with Crippen LogP contribution in [-0.4, -0.2) is 22.9 Å². The van der Waals surface area contributed by atoms with E-state index in [1.165, 1.54) is 11.8 Å². The number of carboxylic acids is 1. The van der Waals surface area contributed by atoms with Crippen molar-refractivity contribution in [1.29, 1.82) is 0 Å². The Hall–Kier alpha value is -1.16. The van der Waals surface area contributed by atoms with E-state index in [0.717, 1.165) is 11.3 Å². The van der Waals surface area contributed by atoms with Gasteiger partial charge in [0.2, 0.25) is 0 Å². The van der Waals surface area contributed by atoms with Gasteiger partial charge in [-0.25, -0.2) is 4.79 Å². The molecule has 0 aliphatic rings. The highest BCUT2D eigenvalue weighted by atomic mass is 32.2. The summed E-state index contributed by atoms with van der Waals surface area (Å²) in [5.74, 6) is -0.506. The maximum atomic E-state index is 11.3. The summed E-state index contributed by atoms with van der Waals surface area (Å²) >= 11 is 1.41. The monoisotopic (exact) mass is 254 g/mol. The molecule has 1 aromatic rings. The molecule has 0 bridgehead atoms. The Balaban J connectivity index is 3.19.